The molecular formula is C21H17F2I. The van der Waals surface area contributed by atoms with E-state index in [0.717, 1.165) is 34.7 Å². The van der Waals surface area contributed by atoms with Crippen molar-refractivity contribution < 1.29 is 8.78 Å². The van der Waals surface area contributed by atoms with Gasteiger partial charge in [-0.15, -0.1) is 0 Å². The second-order valence-electron chi connectivity index (χ2n) is 5.73. The van der Waals surface area contributed by atoms with Crippen LogP contribution >= 0.6 is 22.6 Å². The Hall–Kier alpha value is -1.75. The van der Waals surface area contributed by atoms with E-state index in [1.807, 2.05) is 30.3 Å². The van der Waals surface area contributed by atoms with Crippen molar-refractivity contribution in [2.75, 3.05) is 0 Å². The highest BCUT2D eigenvalue weighted by Crippen LogP contribution is 2.36. The number of benzene rings is 3. The molecule has 24 heavy (non-hydrogen) atoms. The predicted octanol–water partition coefficient (Wildman–Crippen LogP) is 7.46. The Morgan fingerprint density at radius 2 is 1.54 bits per heavy atom. The third kappa shape index (κ3) is 3.36. The summed E-state index contributed by atoms with van der Waals surface area (Å²) in [6, 6.07) is 19.5. The van der Waals surface area contributed by atoms with Crippen LogP contribution < -0.4 is 0 Å². The zero-order valence-electron chi connectivity index (χ0n) is 13.3. The maximum absolute atomic E-state index is 14.2. The van der Waals surface area contributed by atoms with Gasteiger partial charge in [0.05, 0.1) is 0 Å². The molecule has 0 radical (unpaired) electrons. The molecule has 0 aliphatic rings. The van der Waals surface area contributed by atoms with Crippen LogP contribution in [0.2, 0.25) is 0 Å². The summed E-state index contributed by atoms with van der Waals surface area (Å²) < 4.78 is 26.7. The second-order valence-corrected chi connectivity index (χ2v) is 6.67. The minimum Gasteiger partial charge on any atom is -0.203 e. The Balaban J connectivity index is 2.17. The highest BCUT2D eigenvalue weighted by molar-refractivity contribution is 14.1. The molecule has 0 spiro atoms. The molecule has 3 aromatic carbocycles. The van der Waals surface area contributed by atoms with Crippen molar-refractivity contribution in [3.8, 4) is 11.1 Å². The van der Waals surface area contributed by atoms with Crippen molar-refractivity contribution in [2.45, 2.75) is 19.8 Å². The van der Waals surface area contributed by atoms with Gasteiger partial charge in [0, 0.05) is 5.56 Å². The summed E-state index contributed by atoms with van der Waals surface area (Å²) in [5.41, 5.74) is 3.71. The molecule has 0 saturated heterocycles. The minimum absolute atomic E-state index is 0.295. The third-order valence-electron chi connectivity index (χ3n) is 4.13. The highest BCUT2D eigenvalue weighted by Gasteiger charge is 2.13. The lowest BCUT2D eigenvalue weighted by Crippen LogP contribution is -1.88. The van der Waals surface area contributed by atoms with Gasteiger partial charge in [0.2, 0.25) is 0 Å². The Morgan fingerprint density at radius 1 is 0.875 bits per heavy atom. The van der Waals surface area contributed by atoms with Gasteiger partial charge in [-0.25, -0.2) is 4.39 Å². The predicted molar refractivity (Wildman–Crippen MR) is 107 cm³/mol. The van der Waals surface area contributed by atoms with Crippen LogP contribution in [-0.2, 0) is 6.42 Å². The molecule has 3 heteroatoms. The van der Waals surface area contributed by atoms with E-state index in [1.165, 1.54) is 28.2 Å². The third-order valence-corrected chi connectivity index (χ3v) is 4.60. The molecule has 0 fully saturated rings. The summed E-state index contributed by atoms with van der Waals surface area (Å²) in [7, 11) is 0. The second kappa shape index (κ2) is 7.43. The Labute approximate surface area is 154 Å². The maximum Gasteiger partial charge on any atom is 0.196 e. The largest absolute Gasteiger partial charge is 0.203 e. The molecule has 0 N–H and O–H groups in total. The van der Waals surface area contributed by atoms with Crippen molar-refractivity contribution in [3.05, 3.63) is 75.6 Å². The molecule has 0 saturated carbocycles. The Bertz CT molecular complexity index is 891. The van der Waals surface area contributed by atoms with Crippen LogP contribution in [0.5, 0.6) is 0 Å². The molecule has 0 nitrogen and oxygen atoms in total. The lowest BCUT2D eigenvalue weighted by atomic mass is 9.94. The maximum atomic E-state index is 14.2. The smallest absolute Gasteiger partial charge is 0.196 e. The average Bonchev–Trinajstić information content (AvgIpc) is 2.61. The lowest BCUT2D eigenvalue weighted by Gasteiger charge is -2.11. The van der Waals surface area contributed by atoms with Crippen molar-refractivity contribution in [1.82, 2.24) is 0 Å². The fourth-order valence-electron chi connectivity index (χ4n) is 2.98. The van der Waals surface area contributed by atoms with Gasteiger partial charge in [-0.2, -0.15) is 4.39 Å². The number of rotatable bonds is 4. The first-order chi connectivity index (χ1) is 11.6. The average molecular weight is 434 g/mol. The molecule has 3 rings (SSSR count). The van der Waals surface area contributed by atoms with Crippen LogP contribution in [-0.4, -0.2) is 0 Å². The van der Waals surface area contributed by atoms with Gasteiger partial charge < -0.3 is 0 Å². The first-order valence-electron chi connectivity index (χ1n) is 7.94. The molecule has 0 unspecified atom stereocenters. The lowest BCUT2D eigenvalue weighted by molar-refractivity contribution is 0.664. The summed E-state index contributed by atoms with van der Waals surface area (Å²) in [6.07, 6.45) is 2.18. The minimum atomic E-state index is -0.825. The van der Waals surface area contributed by atoms with E-state index in [-0.39, 0.29) is 0 Å². The van der Waals surface area contributed by atoms with Crippen molar-refractivity contribution >= 4 is 39.2 Å². The van der Waals surface area contributed by atoms with E-state index in [4.69, 9.17) is 0 Å². The van der Waals surface area contributed by atoms with E-state index in [0.29, 0.717) is 5.56 Å². The number of fused-ring (bicyclic) bond motifs is 1. The fraction of sp³-hybridized carbons (Fsp3) is 0.143. The van der Waals surface area contributed by atoms with Gasteiger partial charge in [-0.3, -0.25) is 0 Å². The highest BCUT2D eigenvalue weighted by atomic mass is 127. The fourth-order valence-corrected chi connectivity index (χ4v) is 3.27. The van der Waals surface area contributed by atoms with Crippen molar-refractivity contribution in [2.24, 2.45) is 0 Å². The Kier molecular flexibility index (Phi) is 5.29. The van der Waals surface area contributed by atoms with Gasteiger partial charge in [-0.1, -0.05) is 74.0 Å². The molecule has 0 aliphatic heterocycles. The number of halogens is 3. The number of hydrogen-bond donors (Lipinski definition) is 0. The quantitative estimate of drug-likeness (QED) is 0.374. The topological polar surface area (TPSA) is 0 Å². The van der Waals surface area contributed by atoms with E-state index < -0.39 is 9.66 Å². The first-order valence-corrected chi connectivity index (χ1v) is 9.02. The van der Waals surface area contributed by atoms with E-state index in [2.05, 4.69) is 31.2 Å². The molecule has 0 atom stereocenters. The summed E-state index contributed by atoms with van der Waals surface area (Å²) >= 11 is 1.37. The van der Waals surface area contributed by atoms with Crippen LogP contribution in [0.4, 0.5) is 8.78 Å². The molecule has 3 aromatic rings. The van der Waals surface area contributed by atoms with E-state index >= 15 is 0 Å². The summed E-state index contributed by atoms with van der Waals surface area (Å²) in [5, 5.41) is 1.64. The molecule has 0 heterocycles. The number of hydrogen-bond acceptors (Lipinski definition) is 0. The summed E-state index contributed by atoms with van der Waals surface area (Å²) in [5.74, 6) is -0.809. The van der Waals surface area contributed by atoms with Gasteiger partial charge in [0.1, 0.15) is 0 Å². The van der Waals surface area contributed by atoms with Crippen LogP contribution in [0, 0.1) is 0 Å². The zero-order valence-corrected chi connectivity index (χ0v) is 15.5. The zero-order chi connectivity index (χ0) is 17.1. The molecule has 122 valence electrons. The van der Waals surface area contributed by atoms with Crippen LogP contribution in [0.3, 0.4) is 0 Å². The van der Waals surface area contributed by atoms with Gasteiger partial charge in [0.25, 0.3) is 0 Å². The Morgan fingerprint density at radius 3 is 2.17 bits per heavy atom. The summed E-state index contributed by atoms with van der Waals surface area (Å²) in [6.45, 7) is 2.16. The molecule has 0 aliphatic carbocycles. The summed E-state index contributed by atoms with van der Waals surface area (Å²) in [4.78, 5) is 0. The standard InChI is InChI=1S/C21H17F2I/c1-2-5-14-8-10-15(11-9-14)16-12-13-19(20(22)21(23)24)18-7-4-3-6-17(16)18/h3-4,6-13H,2,5H2,1H3/b21-20-. The number of aryl methyl sites for hydroxylation is 1. The van der Waals surface area contributed by atoms with Gasteiger partial charge in [0.15, 0.2) is 9.66 Å². The van der Waals surface area contributed by atoms with Crippen LogP contribution in [0.15, 0.2) is 64.5 Å². The molecule has 0 amide bonds. The molecule has 0 bridgehead atoms. The molecule has 0 aromatic heterocycles. The van der Waals surface area contributed by atoms with E-state index in [1.54, 1.807) is 6.07 Å². The molecular weight excluding hydrogens is 417 g/mol. The van der Waals surface area contributed by atoms with Crippen molar-refractivity contribution in [1.29, 1.82) is 0 Å². The normalized spacial score (nSPS) is 12.3. The van der Waals surface area contributed by atoms with Crippen molar-refractivity contribution in [3.63, 3.8) is 0 Å². The van der Waals surface area contributed by atoms with Crippen LogP contribution in [0.25, 0.3) is 27.7 Å². The monoisotopic (exact) mass is 434 g/mol. The van der Waals surface area contributed by atoms with Crippen LogP contribution in [0.1, 0.15) is 24.5 Å². The first kappa shape index (κ1) is 17.1. The van der Waals surface area contributed by atoms with Gasteiger partial charge in [-0.05, 0) is 56.5 Å². The van der Waals surface area contributed by atoms with Gasteiger partial charge >= 0.3 is 0 Å². The van der Waals surface area contributed by atoms with E-state index in [9.17, 15) is 8.78 Å². The SMILES string of the molecule is CCCc1ccc(-c2ccc(/C(F)=C(\F)I)c3ccccc23)cc1.